The van der Waals surface area contributed by atoms with Crippen molar-refractivity contribution in [2.24, 2.45) is 0 Å². The molecule has 6 heteroatoms. The molecule has 0 heterocycles. The topological polar surface area (TPSA) is 78.4 Å². The number of rotatable bonds is 8. The van der Waals surface area contributed by atoms with Crippen molar-refractivity contribution in [3.63, 3.8) is 0 Å². The third-order valence-electron chi connectivity index (χ3n) is 4.89. The van der Waals surface area contributed by atoms with Gasteiger partial charge < -0.3 is 15.7 Å². The summed E-state index contributed by atoms with van der Waals surface area (Å²) in [5, 5.41) is 16.3. The summed E-state index contributed by atoms with van der Waals surface area (Å²) < 4.78 is 0. The van der Waals surface area contributed by atoms with Gasteiger partial charge >= 0.3 is 5.97 Å². The fourth-order valence-corrected chi connectivity index (χ4v) is 3.62. The van der Waals surface area contributed by atoms with Gasteiger partial charge in [-0.2, -0.15) is 0 Å². The van der Waals surface area contributed by atoms with Gasteiger partial charge in [0.2, 0.25) is 6.41 Å². The molecule has 0 aliphatic heterocycles. The Bertz CT molecular complexity index is 927. The molecule has 0 bridgehead atoms. The zero-order valence-electron chi connectivity index (χ0n) is 15.9. The molecule has 5 nitrogen and oxygen atoms in total. The molecule has 1 unspecified atom stereocenters. The molecule has 1 atom stereocenters. The molecule has 0 radical (unpaired) electrons. The summed E-state index contributed by atoms with van der Waals surface area (Å²) in [6.07, 6.45) is 2.84. The minimum absolute atomic E-state index is 0.317. The van der Waals surface area contributed by atoms with Crippen molar-refractivity contribution < 1.29 is 14.7 Å². The van der Waals surface area contributed by atoms with Crippen LogP contribution in [0.1, 0.15) is 35.1 Å². The van der Waals surface area contributed by atoms with E-state index in [2.05, 4.69) is 10.6 Å². The van der Waals surface area contributed by atoms with Crippen LogP contribution in [0.25, 0.3) is 5.70 Å². The Hall–Kier alpha value is -2.79. The average molecular weight is 399 g/mol. The fourth-order valence-electron chi connectivity index (χ4n) is 3.30. The van der Waals surface area contributed by atoms with E-state index < -0.39 is 12.0 Å². The molecule has 146 valence electrons. The number of halogens is 1. The van der Waals surface area contributed by atoms with E-state index in [0.29, 0.717) is 23.5 Å². The maximum absolute atomic E-state index is 12.0. The molecule has 3 rings (SSSR count). The highest BCUT2D eigenvalue weighted by Crippen LogP contribution is 2.38. The van der Waals surface area contributed by atoms with E-state index in [1.807, 2.05) is 44.2 Å². The van der Waals surface area contributed by atoms with Crippen LogP contribution >= 0.6 is 11.6 Å². The van der Waals surface area contributed by atoms with E-state index >= 15 is 0 Å². The average Bonchev–Trinajstić information content (AvgIpc) is 3.47. The predicted octanol–water partition coefficient (Wildman–Crippen LogP) is 4.32. The smallest absolute Gasteiger partial charge is 0.326 e. The van der Waals surface area contributed by atoms with E-state index in [1.165, 1.54) is 5.57 Å². The number of carboxylic acids is 1. The van der Waals surface area contributed by atoms with Gasteiger partial charge in [-0.15, -0.1) is 0 Å². The summed E-state index contributed by atoms with van der Waals surface area (Å²) in [7, 11) is 0. The number of hydrogen-bond donors (Lipinski definition) is 3. The van der Waals surface area contributed by atoms with Gasteiger partial charge in [0.25, 0.3) is 0 Å². The summed E-state index contributed by atoms with van der Waals surface area (Å²) in [5.74, 6) is -0.920. The van der Waals surface area contributed by atoms with Crippen LogP contribution in [0.2, 0.25) is 5.02 Å². The molecule has 0 aromatic heterocycles. The molecule has 1 amide bonds. The third kappa shape index (κ3) is 4.54. The summed E-state index contributed by atoms with van der Waals surface area (Å²) in [5.41, 5.74) is 6.41. The minimum atomic E-state index is -0.920. The van der Waals surface area contributed by atoms with Gasteiger partial charge in [0.1, 0.15) is 6.04 Å². The lowest BCUT2D eigenvalue weighted by atomic mass is 10.00. The Labute approximate surface area is 169 Å². The number of carboxylic acid groups (broad SMARTS) is 1. The molecule has 1 aliphatic carbocycles. The van der Waals surface area contributed by atoms with E-state index in [-0.39, 0.29) is 0 Å². The number of benzene rings is 2. The number of hydrogen-bond acceptors (Lipinski definition) is 3. The van der Waals surface area contributed by atoms with Crippen LogP contribution in [0.3, 0.4) is 0 Å². The van der Waals surface area contributed by atoms with E-state index in [4.69, 9.17) is 11.6 Å². The summed E-state index contributed by atoms with van der Waals surface area (Å²) >= 11 is 6.43. The monoisotopic (exact) mass is 398 g/mol. The normalized spacial score (nSPS) is 13.6. The fraction of sp³-hybridized carbons (Fsp3) is 0.273. The first kappa shape index (κ1) is 20.0. The van der Waals surface area contributed by atoms with Crippen LogP contribution in [0.5, 0.6) is 0 Å². The first-order valence-corrected chi connectivity index (χ1v) is 9.55. The molecular formula is C22H23ClN2O3. The molecule has 0 spiro atoms. The zero-order chi connectivity index (χ0) is 20.3. The highest BCUT2D eigenvalue weighted by atomic mass is 35.5. The third-order valence-corrected chi connectivity index (χ3v) is 5.20. The van der Waals surface area contributed by atoms with Crippen LogP contribution in [0, 0.1) is 13.8 Å². The molecule has 1 saturated carbocycles. The number of nitrogens with one attached hydrogen (secondary N) is 2. The lowest BCUT2D eigenvalue weighted by molar-refractivity contribution is -0.139. The summed E-state index contributed by atoms with van der Waals surface area (Å²) in [6.45, 7) is 3.85. The number of allylic oxidation sites excluding steroid dienone is 1. The second-order valence-electron chi connectivity index (χ2n) is 7.06. The van der Waals surface area contributed by atoms with Gasteiger partial charge in [-0.3, -0.25) is 4.79 Å². The van der Waals surface area contributed by atoms with Gasteiger partial charge in [-0.1, -0.05) is 35.9 Å². The van der Waals surface area contributed by atoms with E-state index in [9.17, 15) is 14.7 Å². The Morgan fingerprint density at radius 1 is 1.21 bits per heavy atom. The highest BCUT2D eigenvalue weighted by Gasteiger charge is 2.27. The molecule has 28 heavy (non-hydrogen) atoms. The molecule has 3 N–H and O–H groups in total. The summed E-state index contributed by atoms with van der Waals surface area (Å²) in [4.78, 5) is 22.6. The van der Waals surface area contributed by atoms with Gasteiger partial charge in [-0.05, 0) is 61.1 Å². The SMILES string of the molecule is Cc1cc(CC(NC(=C2CC2)c2c(C)cccc2Cl)C(=O)O)ccc1NC=O. The van der Waals surface area contributed by atoms with Gasteiger partial charge in [0.15, 0.2) is 0 Å². The molecule has 1 fully saturated rings. The maximum atomic E-state index is 12.0. The lowest BCUT2D eigenvalue weighted by Gasteiger charge is -2.21. The Kier molecular flexibility index (Phi) is 6.05. The maximum Gasteiger partial charge on any atom is 0.326 e. The van der Waals surface area contributed by atoms with Crippen molar-refractivity contribution in [1.82, 2.24) is 5.32 Å². The predicted molar refractivity (Wildman–Crippen MR) is 111 cm³/mol. The first-order chi connectivity index (χ1) is 13.4. The Morgan fingerprint density at radius 3 is 2.54 bits per heavy atom. The minimum Gasteiger partial charge on any atom is -0.480 e. The zero-order valence-corrected chi connectivity index (χ0v) is 16.6. The van der Waals surface area contributed by atoms with Crippen LogP contribution < -0.4 is 10.6 Å². The second kappa shape index (κ2) is 8.48. The molecular weight excluding hydrogens is 376 g/mol. The van der Waals surface area contributed by atoms with Crippen molar-refractivity contribution in [3.05, 3.63) is 69.2 Å². The standard InChI is InChI=1S/C22H23ClN2O3/c1-13-4-3-5-17(23)20(13)21(16-7-8-16)25-19(22(27)28)11-15-6-9-18(24-12-26)14(2)10-15/h3-6,9-10,12,19,25H,7-8,11H2,1-2H3,(H,24,26)(H,27,28). The Balaban J connectivity index is 1.87. The van der Waals surface area contributed by atoms with Crippen LogP contribution in [0.4, 0.5) is 5.69 Å². The van der Waals surface area contributed by atoms with Crippen molar-refractivity contribution in [3.8, 4) is 0 Å². The summed E-state index contributed by atoms with van der Waals surface area (Å²) in [6, 6.07) is 10.4. The number of anilines is 1. The van der Waals surface area contributed by atoms with Crippen molar-refractivity contribution in [2.45, 2.75) is 39.2 Å². The highest BCUT2D eigenvalue weighted by molar-refractivity contribution is 6.32. The molecule has 1 aliphatic rings. The molecule has 0 saturated heterocycles. The van der Waals surface area contributed by atoms with E-state index in [0.717, 1.165) is 40.8 Å². The number of aliphatic carboxylic acids is 1. The number of carbonyl (C=O) groups is 2. The van der Waals surface area contributed by atoms with Gasteiger partial charge in [0, 0.05) is 23.4 Å². The molecule has 2 aromatic rings. The molecule has 2 aromatic carbocycles. The number of aryl methyl sites for hydroxylation is 2. The largest absolute Gasteiger partial charge is 0.480 e. The second-order valence-corrected chi connectivity index (χ2v) is 7.47. The van der Waals surface area contributed by atoms with Crippen molar-refractivity contribution in [2.75, 3.05) is 5.32 Å². The van der Waals surface area contributed by atoms with Crippen LogP contribution in [-0.2, 0) is 16.0 Å². The van der Waals surface area contributed by atoms with Gasteiger partial charge in [0.05, 0.1) is 5.02 Å². The van der Waals surface area contributed by atoms with Crippen molar-refractivity contribution >= 4 is 35.4 Å². The first-order valence-electron chi connectivity index (χ1n) is 9.17. The van der Waals surface area contributed by atoms with Crippen LogP contribution in [-0.4, -0.2) is 23.5 Å². The lowest BCUT2D eigenvalue weighted by Crippen LogP contribution is -2.37. The number of amides is 1. The quantitative estimate of drug-likeness (QED) is 0.579. The number of carbonyl (C=O) groups excluding carboxylic acids is 1. The van der Waals surface area contributed by atoms with Gasteiger partial charge in [-0.25, -0.2) is 4.79 Å². The van der Waals surface area contributed by atoms with Crippen molar-refractivity contribution in [1.29, 1.82) is 0 Å². The van der Waals surface area contributed by atoms with E-state index in [1.54, 1.807) is 6.07 Å². The Morgan fingerprint density at radius 2 is 1.96 bits per heavy atom. The van der Waals surface area contributed by atoms with Crippen LogP contribution in [0.15, 0.2) is 42.0 Å².